The third-order valence-electron chi connectivity index (χ3n) is 5.48. The molecule has 0 saturated heterocycles. The van der Waals surface area contributed by atoms with Gasteiger partial charge in [0.1, 0.15) is 5.75 Å². The van der Waals surface area contributed by atoms with Crippen molar-refractivity contribution >= 4 is 17.7 Å². The highest BCUT2D eigenvalue weighted by atomic mass is 32.2. The van der Waals surface area contributed by atoms with Gasteiger partial charge in [-0.2, -0.15) is 0 Å². The molecule has 0 unspecified atom stereocenters. The Bertz CT molecular complexity index is 988. The van der Waals surface area contributed by atoms with Crippen molar-refractivity contribution < 1.29 is 9.53 Å². The fourth-order valence-corrected chi connectivity index (χ4v) is 4.34. The number of carbonyl (C=O) groups is 1. The molecule has 0 amide bonds. The van der Waals surface area contributed by atoms with Crippen LogP contribution in [0.5, 0.6) is 5.75 Å². The number of hydrogen-bond acceptors (Lipinski definition) is 5. The molecule has 33 heavy (non-hydrogen) atoms. The molecule has 0 N–H and O–H groups in total. The van der Waals surface area contributed by atoms with Crippen LogP contribution in [0.2, 0.25) is 0 Å². The summed E-state index contributed by atoms with van der Waals surface area (Å²) in [6, 6.07) is 17.1. The maximum Gasteiger partial charge on any atom is 0.343 e. The Labute approximate surface area is 202 Å². The summed E-state index contributed by atoms with van der Waals surface area (Å²) < 4.78 is 5.56. The van der Waals surface area contributed by atoms with Crippen molar-refractivity contribution in [3.8, 4) is 17.0 Å². The lowest BCUT2D eigenvalue weighted by atomic mass is 10.1. The average molecular weight is 463 g/mol. The van der Waals surface area contributed by atoms with Crippen LogP contribution in [0.1, 0.15) is 74.7 Å². The van der Waals surface area contributed by atoms with Gasteiger partial charge in [0.15, 0.2) is 5.16 Å². The Morgan fingerprint density at radius 3 is 2.30 bits per heavy atom. The van der Waals surface area contributed by atoms with Crippen LogP contribution in [0.3, 0.4) is 0 Å². The van der Waals surface area contributed by atoms with Gasteiger partial charge < -0.3 is 4.74 Å². The SMILES string of the molecule is CCCCCCSc1nccc(-c2ccc(OC(=O)c3ccc(CCCCC)cc3)cc2)n1. The van der Waals surface area contributed by atoms with Crippen LogP contribution in [-0.4, -0.2) is 21.7 Å². The van der Waals surface area contributed by atoms with E-state index in [1.165, 1.54) is 50.5 Å². The predicted octanol–water partition coefficient (Wildman–Crippen LogP) is 7.77. The fraction of sp³-hybridized carbons (Fsp3) is 0.393. The molecule has 3 aromatic rings. The Morgan fingerprint density at radius 2 is 1.58 bits per heavy atom. The van der Waals surface area contributed by atoms with Gasteiger partial charge >= 0.3 is 5.97 Å². The number of aromatic nitrogens is 2. The van der Waals surface area contributed by atoms with Gasteiger partial charge in [0, 0.05) is 17.5 Å². The molecule has 2 aromatic carbocycles. The number of hydrogen-bond donors (Lipinski definition) is 0. The summed E-state index contributed by atoms with van der Waals surface area (Å²) in [6.07, 6.45) is 11.4. The standard InChI is InChI=1S/C28H34N2O2S/c1-3-5-7-9-21-33-28-29-20-19-26(30-28)23-15-17-25(18-16-23)32-27(31)24-13-11-22(12-14-24)10-8-6-4-2/h11-20H,3-10,21H2,1-2H3. The molecule has 0 atom stereocenters. The van der Waals surface area contributed by atoms with Crippen LogP contribution in [0.4, 0.5) is 0 Å². The lowest BCUT2D eigenvalue weighted by Gasteiger charge is -2.07. The molecule has 0 aliphatic rings. The van der Waals surface area contributed by atoms with Crippen molar-refractivity contribution in [3.63, 3.8) is 0 Å². The van der Waals surface area contributed by atoms with Gasteiger partial charge in [-0.1, -0.05) is 69.8 Å². The lowest BCUT2D eigenvalue weighted by Crippen LogP contribution is -2.08. The van der Waals surface area contributed by atoms with E-state index in [-0.39, 0.29) is 5.97 Å². The Balaban J connectivity index is 1.54. The van der Waals surface area contributed by atoms with E-state index in [4.69, 9.17) is 4.74 Å². The van der Waals surface area contributed by atoms with Crippen LogP contribution in [0.15, 0.2) is 66.0 Å². The number of thioether (sulfide) groups is 1. The highest BCUT2D eigenvalue weighted by molar-refractivity contribution is 7.99. The first-order chi connectivity index (χ1) is 16.2. The van der Waals surface area contributed by atoms with Gasteiger partial charge in [0.25, 0.3) is 0 Å². The molecule has 174 valence electrons. The summed E-state index contributed by atoms with van der Waals surface area (Å²) >= 11 is 1.70. The highest BCUT2D eigenvalue weighted by Crippen LogP contribution is 2.24. The minimum Gasteiger partial charge on any atom is -0.423 e. The Kier molecular flexibility index (Phi) is 10.4. The topological polar surface area (TPSA) is 52.1 Å². The molecule has 1 aromatic heterocycles. The zero-order chi connectivity index (χ0) is 23.3. The van der Waals surface area contributed by atoms with Crippen molar-refractivity contribution in [3.05, 3.63) is 71.9 Å². The molecule has 0 fully saturated rings. The van der Waals surface area contributed by atoms with E-state index in [1.807, 2.05) is 54.6 Å². The third kappa shape index (κ3) is 8.32. The van der Waals surface area contributed by atoms with E-state index >= 15 is 0 Å². The average Bonchev–Trinajstić information content (AvgIpc) is 2.85. The molecule has 0 aliphatic heterocycles. The summed E-state index contributed by atoms with van der Waals surface area (Å²) in [5.41, 5.74) is 3.67. The van der Waals surface area contributed by atoms with Crippen molar-refractivity contribution in [2.24, 2.45) is 0 Å². The molecule has 5 heteroatoms. The quantitative estimate of drug-likeness (QED) is 0.0854. The van der Waals surface area contributed by atoms with Crippen molar-refractivity contribution in [1.82, 2.24) is 9.97 Å². The van der Waals surface area contributed by atoms with Gasteiger partial charge in [-0.25, -0.2) is 14.8 Å². The number of nitrogens with zero attached hydrogens (tertiary/aromatic N) is 2. The van der Waals surface area contributed by atoms with Gasteiger partial charge in [-0.15, -0.1) is 0 Å². The van der Waals surface area contributed by atoms with E-state index in [1.54, 1.807) is 18.0 Å². The molecule has 0 aliphatic carbocycles. The van der Waals surface area contributed by atoms with Crippen molar-refractivity contribution in [1.29, 1.82) is 0 Å². The minimum atomic E-state index is -0.341. The van der Waals surface area contributed by atoms with Crippen LogP contribution < -0.4 is 4.74 Å². The zero-order valence-corrected chi connectivity index (χ0v) is 20.6. The van der Waals surface area contributed by atoms with E-state index < -0.39 is 0 Å². The molecular formula is C28H34N2O2S. The van der Waals surface area contributed by atoms with Crippen LogP contribution in [-0.2, 0) is 6.42 Å². The first-order valence-corrected chi connectivity index (χ1v) is 13.1. The second-order valence-corrected chi connectivity index (χ2v) is 9.26. The van der Waals surface area contributed by atoms with E-state index in [0.29, 0.717) is 11.3 Å². The number of aryl methyl sites for hydroxylation is 1. The summed E-state index contributed by atoms with van der Waals surface area (Å²) in [6.45, 7) is 4.42. The van der Waals surface area contributed by atoms with Gasteiger partial charge in [-0.3, -0.25) is 0 Å². The Hall–Kier alpha value is -2.66. The molecule has 0 bridgehead atoms. The Morgan fingerprint density at radius 1 is 0.848 bits per heavy atom. The number of unbranched alkanes of at least 4 members (excludes halogenated alkanes) is 5. The first-order valence-electron chi connectivity index (χ1n) is 12.1. The first kappa shape index (κ1) is 25.0. The highest BCUT2D eigenvalue weighted by Gasteiger charge is 2.10. The normalized spacial score (nSPS) is 10.8. The van der Waals surface area contributed by atoms with Gasteiger partial charge in [-0.05, 0) is 67.3 Å². The molecule has 0 spiro atoms. The molecule has 4 nitrogen and oxygen atoms in total. The second-order valence-electron chi connectivity index (χ2n) is 8.20. The molecule has 0 radical (unpaired) electrons. The van der Waals surface area contributed by atoms with E-state index in [9.17, 15) is 4.79 Å². The van der Waals surface area contributed by atoms with Gasteiger partial charge in [0.2, 0.25) is 0 Å². The number of benzene rings is 2. The summed E-state index contributed by atoms with van der Waals surface area (Å²) in [5, 5.41) is 0.803. The van der Waals surface area contributed by atoms with Gasteiger partial charge in [0.05, 0.1) is 11.3 Å². The van der Waals surface area contributed by atoms with Crippen molar-refractivity contribution in [2.45, 2.75) is 70.4 Å². The molecule has 0 saturated carbocycles. The third-order valence-corrected chi connectivity index (χ3v) is 6.43. The largest absolute Gasteiger partial charge is 0.423 e. The number of esters is 1. The summed E-state index contributed by atoms with van der Waals surface area (Å²) in [5.74, 6) is 1.22. The molecule has 3 rings (SSSR count). The zero-order valence-electron chi connectivity index (χ0n) is 19.8. The number of carbonyl (C=O) groups excluding carboxylic acids is 1. The maximum absolute atomic E-state index is 12.5. The lowest BCUT2D eigenvalue weighted by molar-refractivity contribution is 0.0735. The summed E-state index contributed by atoms with van der Waals surface area (Å²) in [7, 11) is 0. The van der Waals surface area contributed by atoms with Crippen molar-refractivity contribution in [2.75, 3.05) is 5.75 Å². The van der Waals surface area contributed by atoms with Crippen LogP contribution in [0, 0.1) is 0 Å². The van der Waals surface area contributed by atoms with E-state index in [0.717, 1.165) is 28.6 Å². The molecule has 1 heterocycles. The summed E-state index contributed by atoms with van der Waals surface area (Å²) in [4.78, 5) is 21.6. The fourth-order valence-electron chi connectivity index (χ4n) is 3.51. The van der Waals surface area contributed by atoms with Crippen LogP contribution in [0.25, 0.3) is 11.3 Å². The predicted molar refractivity (Wildman–Crippen MR) is 137 cm³/mol. The maximum atomic E-state index is 12.5. The van der Waals surface area contributed by atoms with Crippen LogP contribution >= 0.6 is 11.8 Å². The second kappa shape index (κ2) is 13.8. The monoisotopic (exact) mass is 462 g/mol. The number of rotatable bonds is 13. The smallest absolute Gasteiger partial charge is 0.343 e. The van der Waals surface area contributed by atoms with E-state index in [2.05, 4.69) is 23.8 Å². The number of ether oxygens (including phenoxy) is 1. The molecular weight excluding hydrogens is 428 g/mol. The minimum absolute atomic E-state index is 0.341.